The van der Waals surface area contributed by atoms with Gasteiger partial charge in [0.2, 0.25) is 0 Å². The van der Waals surface area contributed by atoms with Gasteiger partial charge in [-0.3, -0.25) is 4.90 Å². The summed E-state index contributed by atoms with van der Waals surface area (Å²) in [6, 6.07) is 4.06. The fourth-order valence-electron chi connectivity index (χ4n) is 6.73. The fourth-order valence-corrected chi connectivity index (χ4v) is 6.73. The lowest BCUT2D eigenvalue weighted by Gasteiger charge is -2.64. The lowest BCUT2D eigenvalue weighted by atomic mass is 9.47. The average molecular weight is 341 g/mol. The summed E-state index contributed by atoms with van der Waals surface area (Å²) in [5.41, 5.74) is 1.40. The van der Waals surface area contributed by atoms with Crippen LogP contribution in [0.2, 0.25) is 0 Å². The second kappa shape index (κ2) is 4.52. The molecule has 1 aromatic carbocycles. The van der Waals surface area contributed by atoms with Crippen LogP contribution in [-0.2, 0) is 11.8 Å². The number of rotatable bonds is 2. The van der Waals surface area contributed by atoms with E-state index in [1.165, 1.54) is 18.4 Å². The van der Waals surface area contributed by atoms with Crippen LogP contribution in [0.15, 0.2) is 12.1 Å². The quantitative estimate of drug-likeness (QED) is 0.868. The van der Waals surface area contributed by atoms with Crippen molar-refractivity contribution in [2.45, 2.75) is 68.6 Å². The first-order chi connectivity index (χ1) is 12.0. The molecule has 6 rings (SSSR count). The molecule has 25 heavy (non-hydrogen) atoms. The number of hydrogen-bond donors (Lipinski definition) is 2. The first-order valence-electron chi connectivity index (χ1n) is 10.0. The molecule has 0 aromatic heterocycles. The third-order valence-corrected chi connectivity index (χ3v) is 8.06. The monoisotopic (exact) mass is 341 g/mol. The minimum absolute atomic E-state index is 0.000764. The summed E-state index contributed by atoms with van der Waals surface area (Å²) < 4.78 is 6.39. The number of aromatic hydroxyl groups is 1. The molecule has 134 valence electrons. The Kier molecular flexibility index (Phi) is 2.69. The third-order valence-electron chi connectivity index (χ3n) is 8.06. The van der Waals surface area contributed by atoms with Crippen molar-refractivity contribution in [3.63, 3.8) is 0 Å². The predicted octanol–water partition coefficient (Wildman–Crippen LogP) is 2.59. The molecule has 1 spiro atoms. The van der Waals surface area contributed by atoms with Crippen LogP contribution in [0.25, 0.3) is 0 Å². The summed E-state index contributed by atoms with van der Waals surface area (Å²) >= 11 is 0. The number of hydrogen-bond acceptors (Lipinski definition) is 4. The van der Waals surface area contributed by atoms with Gasteiger partial charge in [0, 0.05) is 18.2 Å². The highest BCUT2D eigenvalue weighted by Crippen LogP contribution is 2.66. The lowest BCUT2D eigenvalue weighted by Crippen LogP contribution is -2.76. The van der Waals surface area contributed by atoms with Gasteiger partial charge in [0.15, 0.2) is 11.5 Å². The largest absolute Gasteiger partial charge is 0.504 e. The van der Waals surface area contributed by atoms with Crippen molar-refractivity contribution in [2.75, 3.05) is 13.1 Å². The molecule has 5 aliphatic rings. The van der Waals surface area contributed by atoms with Crippen LogP contribution in [0.5, 0.6) is 11.5 Å². The van der Waals surface area contributed by atoms with E-state index >= 15 is 0 Å². The summed E-state index contributed by atoms with van der Waals surface area (Å²) in [7, 11) is 0. The zero-order valence-corrected chi connectivity index (χ0v) is 14.9. The Hall–Kier alpha value is -1.26. The number of likely N-dealkylation sites (tertiary alicyclic amines) is 1. The van der Waals surface area contributed by atoms with Crippen molar-refractivity contribution in [3.05, 3.63) is 23.3 Å². The maximum atomic E-state index is 12.1. The van der Waals surface area contributed by atoms with Crippen LogP contribution >= 0.6 is 0 Å². The normalized spacial score (nSPS) is 44.3. The van der Waals surface area contributed by atoms with Gasteiger partial charge < -0.3 is 14.9 Å². The number of nitrogens with zero attached hydrogens (tertiary/aromatic N) is 1. The first kappa shape index (κ1) is 14.9. The molecule has 0 amide bonds. The van der Waals surface area contributed by atoms with Gasteiger partial charge in [-0.2, -0.15) is 0 Å². The Morgan fingerprint density at radius 2 is 2.08 bits per heavy atom. The molecule has 2 aliphatic heterocycles. The number of phenolic OH excluding ortho intramolecular Hbond substituents is 1. The zero-order valence-electron chi connectivity index (χ0n) is 14.9. The van der Waals surface area contributed by atoms with Crippen LogP contribution in [0.3, 0.4) is 0 Å². The number of phenols is 1. The molecule has 2 bridgehead atoms. The van der Waals surface area contributed by atoms with E-state index in [4.69, 9.17) is 4.74 Å². The van der Waals surface area contributed by atoms with Crippen molar-refractivity contribution in [1.82, 2.24) is 4.90 Å². The van der Waals surface area contributed by atoms with Crippen molar-refractivity contribution in [1.29, 1.82) is 0 Å². The second-order valence-electron chi connectivity index (χ2n) is 9.31. The number of aliphatic hydroxyl groups is 1. The fraction of sp³-hybridized carbons (Fsp3) is 0.714. The molecule has 2 N–H and O–H groups in total. The van der Waals surface area contributed by atoms with Crippen molar-refractivity contribution in [2.24, 2.45) is 11.8 Å². The molecule has 3 aliphatic carbocycles. The maximum absolute atomic E-state index is 12.1. The van der Waals surface area contributed by atoms with Crippen molar-refractivity contribution >= 4 is 0 Å². The van der Waals surface area contributed by atoms with E-state index in [0.717, 1.165) is 50.3 Å². The average Bonchev–Trinajstić information content (AvgIpc) is 3.32. The third kappa shape index (κ3) is 1.62. The van der Waals surface area contributed by atoms with E-state index in [2.05, 4.69) is 17.9 Å². The summed E-state index contributed by atoms with van der Waals surface area (Å²) in [6.07, 6.45) is 6.39. The SMILES string of the molecule is C[C@@H]1CC[C@@]2(O)C3Cc4ccc(O)c5c4[C@@]2(CCN3CC2CC2)[C@H]1O5. The molecule has 4 heteroatoms. The molecule has 1 saturated heterocycles. The minimum atomic E-state index is -0.719. The number of benzene rings is 1. The summed E-state index contributed by atoms with van der Waals surface area (Å²) in [6.45, 7) is 4.44. The van der Waals surface area contributed by atoms with Gasteiger partial charge in [0.05, 0.1) is 11.0 Å². The van der Waals surface area contributed by atoms with Gasteiger partial charge >= 0.3 is 0 Å². The minimum Gasteiger partial charge on any atom is -0.504 e. The van der Waals surface area contributed by atoms with Gasteiger partial charge in [-0.05, 0) is 68.5 Å². The van der Waals surface area contributed by atoms with Gasteiger partial charge in [-0.25, -0.2) is 0 Å². The molecular formula is C21H27NO3. The highest BCUT2D eigenvalue weighted by atomic mass is 16.5. The predicted molar refractivity (Wildman–Crippen MR) is 94.0 cm³/mol. The molecule has 2 saturated carbocycles. The number of ether oxygens (including phenoxy) is 1. The van der Waals surface area contributed by atoms with E-state index in [1.807, 2.05) is 0 Å². The van der Waals surface area contributed by atoms with E-state index in [-0.39, 0.29) is 23.3 Å². The van der Waals surface area contributed by atoms with Crippen LogP contribution < -0.4 is 4.74 Å². The topological polar surface area (TPSA) is 52.9 Å². The van der Waals surface area contributed by atoms with Crippen LogP contribution in [-0.4, -0.2) is 45.9 Å². The van der Waals surface area contributed by atoms with Gasteiger partial charge in [-0.1, -0.05) is 13.0 Å². The molecule has 0 radical (unpaired) electrons. The highest BCUT2D eigenvalue weighted by molar-refractivity contribution is 5.62. The van der Waals surface area contributed by atoms with E-state index < -0.39 is 5.60 Å². The molecule has 4 nitrogen and oxygen atoms in total. The lowest BCUT2D eigenvalue weighted by molar-refractivity contribution is -0.196. The van der Waals surface area contributed by atoms with Gasteiger partial charge in [-0.15, -0.1) is 0 Å². The first-order valence-corrected chi connectivity index (χ1v) is 10.0. The molecule has 5 atom stereocenters. The molecule has 2 heterocycles. The Morgan fingerprint density at radius 3 is 2.88 bits per heavy atom. The Balaban J connectivity index is 1.57. The van der Waals surface area contributed by atoms with Crippen molar-refractivity contribution in [3.8, 4) is 11.5 Å². The molecule has 3 fully saturated rings. The van der Waals surface area contributed by atoms with E-state index in [0.29, 0.717) is 11.7 Å². The van der Waals surface area contributed by atoms with Crippen molar-refractivity contribution < 1.29 is 14.9 Å². The highest BCUT2D eigenvalue weighted by Gasteiger charge is 2.72. The number of piperidine rings is 1. The second-order valence-corrected chi connectivity index (χ2v) is 9.31. The standard InChI is InChI=1S/C21H27NO3/c1-12-6-7-21(24)16-10-14-4-5-15(23)18-17(14)20(21,19(12)25-18)8-9-22(16)11-13-2-3-13/h4-5,12-13,16,19,23-24H,2-3,6-11H2,1H3/t12-,16?,19+,20+,21-/m1/s1. The summed E-state index contributed by atoms with van der Waals surface area (Å²) in [5, 5.41) is 22.6. The Morgan fingerprint density at radius 1 is 1.24 bits per heavy atom. The van der Waals surface area contributed by atoms with Crippen LogP contribution in [0.4, 0.5) is 0 Å². The maximum Gasteiger partial charge on any atom is 0.165 e. The zero-order chi connectivity index (χ0) is 17.0. The van der Waals surface area contributed by atoms with Gasteiger partial charge in [0.1, 0.15) is 6.10 Å². The van der Waals surface area contributed by atoms with E-state index in [9.17, 15) is 10.2 Å². The molecule has 1 aromatic rings. The smallest absolute Gasteiger partial charge is 0.165 e. The Labute approximate surface area is 148 Å². The van der Waals surface area contributed by atoms with Crippen LogP contribution in [0, 0.1) is 11.8 Å². The van der Waals surface area contributed by atoms with E-state index in [1.54, 1.807) is 6.07 Å². The summed E-state index contributed by atoms with van der Waals surface area (Å²) in [5.74, 6) is 2.17. The molecular weight excluding hydrogens is 314 g/mol. The summed E-state index contributed by atoms with van der Waals surface area (Å²) in [4.78, 5) is 2.59. The molecule has 1 unspecified atom stereocenters. The Bertz CT molecular complexity index is 760. The van der Waals surface area contributed by atoms with Gasteiger partial charge in [0.25, 0.3) is 0 Å². The van der Waals surface area contributed by atoms with Crippen LogP contribution in [0.1, 0.15) is 50.2 Å².